The molecule has 0 aromatic heterocycles. The molecule has 1 aliphatic heterocycles. The Morgan fingerprint density at radius 1 is 1.35 bits per heavy atom. The first-order valence-electron chi connectivity index (χ1n) is 7.89. The van der Waals surface area contributed by atoms with Crippen LogP contribution in [0.15, 0.2) is 28.7 Å². The third-order valence-electron chi connectivity index (χ3n) is 4.27. The van der Waals surface area contributed by atoms with Crippen LogP contribution in [0.25, 0.3) is 0 Å². The maximum absolute atomic E-state index is 12.2. The van der Waals surface area contributed by atoms with Gasteiger partial charge in [0.25, 0.3) is 0 Å². The number of amides is 1. The molecule has 23 heavy (non-hydrogen) atoms. The summed E-state index contributed by atoms with van der Waals surface area (Å²) < 4.78 is 6.70. The molecule has 1 aromatic rings. The van der Waals surface area contributed by atoms with Crippen LogP contribution in [0.5, 0.6) is 5.75 Å². The number of nitrogens with zero attached hydrogens (tertiary/aromatic N) is 1. The average molecular weight is 406 g/mol. The highest BCUT2D eigenvalue weighted by molar-refractivity contribution is 9.10. The zero-order valence-corrected chi connectivity index (χ0v) is 16.0. The molecule has 0 bridgehead atoms. The highest BCUT2D eigenvalue weighted by Crippen LogP contribution is 2.29. The molecule has 1 atom stereocenters. The van der Waals surface area contributed by atoms with Crippen LogP contribution in [0, 0.1) is 5.41 Å². The van der Waals surface area contributed by atoms with Crippen molar-refractivity contribution in [2.75, 3.05) is 26.2 Å². The molecule has 130 valence electrons. The second kappa shape index (κ2) is 9.50. The number of benzene rings is 1. The van der Waals surface area contributed by atoms with Crippen molar-refractivity contribution < 1.29 is 9.53 Å². The molecular weight excluding hydrogens is 380 g/mol. The number of hydrogen-bond donors (Lipinski definition) is 1. The number of likely N-dealkylation sites (tertiary alicyclic amines) is 1. The summed E-state index contributed by atoms with van der Waals surface area (Å²) in [7, 11) is 0. The van der Waals surface area contributed by atoms with Gasteiger partial charge in [-0.05, 0) is 55.5 Å². The predicted octanol–water partition coefficient (Wildman–Crippen LogP) is 3.62. The first kappa shape index (κ1) is 20.3. The van der Waals surface area contributed by atoms with Gasteiger partial charge < -0.3 is 15.4 Å². The van der Waals surface area contributed by atoms with E-state index in [4.69, 9.17) is 10.5 Å². The lowest BCUT2D eigenvalue weighted by atomic mass is 9.90. The monoisotopic (exact) mass is 404 g/mol. The standard InChI is InChI=1S/C17H25BrN2O2.ClH/c1-17(12-19)9-10-20(13-17)16(21)4-2-3-11-22-15-7-5-14(18)6-8-15;/h5-8H,2-4,9-13,19H2,1H3;1H. The van der Waals surface area contributed by atoms with Crippen molar-refractivity contribution in [2.24, 2.45) is 11.1 Å². The molecule has 1 amide bonds. The maximum atomic E-state index is 12.2. The van der Waals surface area contributed by atoms with E-state index in [1.54, 1.807) is 0 Å². The molecule has 1 saturated heterocycles. The van der Waals surface area contributed by atoms with Gasteiger partial charge in [0.2, 0.25) is 5.91 Å². The molecule has 0 saturated carbocycles. The zero-order chi connectivity index (χ0) is 16.0. The van der Waals surface area contributed by atoms with Crippen molar-refractivity contribution in [3.8, 4) is 5.75 Å². The van der Waals surface area contributed by atoms with Gasteiger partial charge in [-0.2, -0.15) is 0 Å². The Morgan fingerprint density at radius 3 is 2.65 bits per heavy atom. The van der Waals surface area contributed by atoms with Gasteiger partial charge in [0.15, 0.2) is 0 Å². The van der Waals surface area contributed by atoms with Gasteiger partial charge in [-0.15, -0.1) is 12.4 Å². The van der Waals surface area contributed by atoms with E-state index in [1.165, 1.54) is 0 Å². The zero-order valence-electron chi connectivity index (χ0n) is 13.6. The number of halogens is 2. The molecule has 2 rings (SSSR count). The fourth-order valence-corrected chi connectivity index (χ4v) is 2.92. The Kier molecular flexibility index (Phi) is 8.37. The van der Waals surface area contributed by atoms with Gasteiger partial charge in [0, 0.05) is 24.0 Å². The van der Waals surface area contributed by atoms with Gasteiger partial charge in [0.1, 0.15) is 5.75 Å². The lowest BCUT2D eigenvalue weighted by Crippen LogP contribution is -2.34. The Morgan fingerprint density at radius 2 is 2.04 bits per heavy atom. The van der Waals surface area contributed by atoms with Gasteiger partial charge >= 0.3 is 0 Å². The lowest BCUT2D eigenvalue weighted by Gasteiger charge is -2.22. The normalized spacial score (nSPS) is 20.2. The van der Waals surface area contributed by atoms with E-state index in [9.17, 15) is 4.79 Å². The summed E-state index contributed by atoms with van der Waals surface area (Å²) >= 11 is 3.39. The smallest absolute Gasteiger partial charge is 0.222 e. The van der Waals surface area contributed by atoms with Crippen molar-refractivity contribution in [3.63, 3.8) is 0 Å². The molecule has 1 unspecified atom stereocenters. The largest absolute Gasteiger partial charge is 0.494 e. The van der Waals surface area contributed by atoms with E-state index in [-0.39, 0.29) is 23.7 Å². The Hall–Kier alpha value is -0.780. The van der Waals surface area contributed by atoms with Crippen LogP contribution >= 0.6 is 28.3 Å². The van der Waals surface area contributed by atoms with E-state index in [2.05, 4.69) is 22.9 Å². The average Bonchev–Trinajstić information content (AvgIpc) is 2.92. The van der Waals surface area contributed by atoms with Crippen LogP contribution in [0.4, 0.5) is 0 Å². The Balaban J connectivity index is 0.00000264. The molecule has 0 spiro atoms. The van der Waals surface area contributed by atoms with Crippen molar-refractivity contribution in [3.05, 3.63) is 28.7 Å². The van der Waals surface area contributed by atoms with E-state index >= 15 is 0 Å². The summed E-state index contributed by atoms with van der Waals surface area (Å²) in [6.45, 7) is 5.11. The Labute approximate surface area is 153 Å². The summed E-state index contributed by atoms with van der Waals surface area (Å²) in [5, 5.41) is 0. The second-order valence-corrected chi connectivity index (χ2v) is 7.26. The number of rotatable bonds is 7. The minimum Gasteiger partial charge on any atom is -0.494 e. The first-order valence-corrected chi connectivity index (χ1v) is 8.68. The molecular formula is C17H26BrClN2O2. The summed E-state index contributed by atoms with van der Waals surface area (Å²) in [5.41, 5.74) is 5.89. The van der Waals surface area contributed by atoms with Crippen molar-refractivity contribution in [1.82, 2.24) is 4.90 Å². The molecule has 1 aliphatic rings. The number of nitrogens with two attached hydrogens (primary N) is 1. The molecule has 1 heterocycles. The summed E-state index contributed by atoms with van der Waals surface area (Å²) in [4.78, 5) is 14.1. The maximum Gasteiger partial charge on any atom is 0.222 e. The third-order valence-corrected chi connectivity index (χ3v) is 4.80. The van der Waals surface area contributed by atoms with Crippen molar-refractivity contribution in [1.29, 1.82) is 0 Å². The number of carbonyl (C=O) groups is 1. The topological polar surface area (TPSA) is 55.6 Å². The van der Waals surface area contributed by atoms with Gasteiger partial charge in [-0.3, -0.25) is 4.79 Å². The van der Waals surface area contributed by atoms with E-state index < -0.39 is 0 Å². The van der Waals surface area contributed by atoms with E-state index in [0.29, 0.717) is 19.6 Å². The minimum absolute atomic E-state index is 0. The molecule has 2 N–H and O–H groups in total. The second-order valence-electron chi connectivity index (χ2n) is 6.34. The van der Waals surface area contributed by atoms with Gasteiger partial charge in [-0.25, -0.2) is 0 Å². The highest BCUT2D eigenvalue weighted by Gasteiger charge is 2.34. The lowest BCUT2D eigenvalue weighted by molar-refractivity contribution is -0.130. The SMILES string of the molecule is CC1(CN)CCN(C(=O)CCCCOc2ccc(Br)cc2)C1.Cl. The van der Waals surface area contributed by atoms with Crippen LogP contribution < -0.4 is 10.5 Å². The summed E-state index contributed by atoms with van der Waals surface area (Å²) in [5.74, 6) is 1.12. The quantitative estimate of drug-likeness (QED) is 0.705. The van der Waals surface area contributed by atoms with Crippen LogP contribution in [-0.2, 0) is 4.79 Å². The summed E-state index contributed by atoms with van der Waals surface area (Å²) in [6.07, 6.45) is 3.38. The number of ether oxygens (including phenoxy) is 1. The number of hydrogen-bond acceptors (Lipinski definition) is 3. The third kappa shape index (κ3) is 6.32. The van der Waals surface area contributed by atoms with Crippen molar-refractivity contribution >= 4 is 34.2 Å². The fourth-order valence-electron chi connectivity index (χ4n) is 2.66. The fraction of sp³-hybridized carbons (Fsp3) is 0.588. The van der Waals surface area contributed by atoms with Crippen LogP contribution in [0.3, 0.4) is 0 Å². The molecule has 0 aliphatic carbocycles. The highest BCUT2D eigenvalue weighted by atomic mass is 79.9. The molecule has 0 radical (unpaired) electrons. The molecule has 1 fully saturated rings. The number of unbranched alkanes of at least 4 members (excludes halogenated alkanes) is 1. The van der Waals surface area contributed by atoms with E-state index in [0.717, 1.165) is 42.6 Å². The van der Waals surface area contributed by atoms with Crippen molar-refractivity contribution in [2.45, 2.75) is 32.6 Å². The number of carbonyl (C=O) groups excluding carboxylic acids is 1. The Bertz CT molecular complexity index is 498. The molecule has 6 heteroatoms. The van der Waals surface area contributed by atoms with Gasteiger partial charge in [-0.1, -0.05) is 22.9 Å². The minimum atomic E-state index is 0. The first-order chi connectivity index (χ1) is 10.5. The predicted molar refractivity (Wildman–Crippen MR) is 99.1 cm³/mol. The molecule has 4 nitrogen and oxygen atoms in total. The van der Waals surface area contributed by atoms with Crippen LogP contribution in [-0.4, -0.2) is 37.0 Å². The van der Waals surface area contributed by atoms with E-state index in [1.807, 2.05) is 29.2 Å². The van der Waals surface area contributed by atoms with Crippen LogP contribution in [0.1, 0.15) is 32.6 Å². The van der Waals surface area contributed by atoms with Crippen LogP contribution in [0.2, 0.25) is 0 Å². The van der Waals surface area contributed by atoms with Gasteiger partial charge in [0.05, 0.1) is 6.61 Å². The molecule has 1 aromatic carbocycles. The summed E-state index contributed by atoms with van der Waals surface area (Å²) in [6, 6.07) is 7.79.